The Morgan fingerprint density at radius 1 is 0.706 bits per heavy atom. The number of carbonyl (C=O) groups is 3. The lowest BCUT2D eigenvalue weighted by molar-refractivity contribution is -0.136. The first-order valence-electron chi connectivity index (χ1n) is 10.4. The molecule has 0 fully saturated rings. The molecule has 3 amide bonds. The van der Waals surface area contributed by atoms with Crippen LogP contribution in [0.25, 0.3) is 10.8 Å². The monoisotopic (exact) mass is 473 g/mol. The summed E-state index contributed by atoms with van der Waals surface area (Å²) in [5, 5.41) is 19.4. The first-order valence-corrected chi connectivity index (χ1v) is 10.7. The average molecular weight is 474 g/mol. The Kier molecular flexibility index (Phi) is 6.75. The largest absolute Gasteiger partial charge is 0.481 e. The number of nitrogens with one attached hydrogen (secondary N) is 3. The van der Waals surface area contributed by atoms with E-state index in [1.807, 2.05) is 24.3 Å². The molecule has 4 N–H and O–H groups in total. The van der Waals surface area contributed by atoms with E-state index >= 15 is 0 Å². The number of halogens is 1. The number of aliphatic carboxylic acids is 1. The van der Waals surface area contributed by atoms with E-state index in [1.54, 1.807) is 60.7 Å². The molecule has 8 heteroatoms. The zero-order valence-corrected chi connectivity index (χ0v) is 18.6. The van der Waals surface area contributed by atoms with Crippen LogP contribution in [0.2, 0.25) is 5.02 Å². The highest BCUT2D eigenvalue weighted by atomic mass is 35.5. The van der Waals surface area contributed by atoms with Gasteiger partial charge in [-0.25, -0.2) is 4.79 Å². The number of para-hydroxylation sites is 2. The summed E-state index contributed by atoms with van der Waals surface area (Å²) in [6, 6.07) is 23.7. The van der Waals surface area contributed by atoms with E-state index in [9.17, 15) is 14.4 Å². The number of hydrogen-bond donors (Lipinski definition) is 4. The normalized spacial score (nSPS) is 10.5. The Labute approximate surface area is 200 Å². The first-order chi connectivity index (χ1) is 16.4. The summed E-state index contributed by atoms with van der Waals surface area (Å²) in [6.07, 6.45) is -0.237. The molecule has 7 nitrogen and oxygen atoms in total. The van der Waals surface area contributed by atoms with Gasteiger partial charge in [-0.05, 0) is 46.7 Å². The van der Waals surface area contributed by atoms with Crippen molar-refractivity contribution in [2.24, 2.45) is 0 Å². The minimum atomic E-state index is -1.01. The third-order valence-electron chi connectivity index (χ3n) is 5.11. The topological polar surface area (TPSA) is 108 Å². The molecule has 4 aromatic rings. The fourth-order valence-electron chi connectivity index (χ4n) is 3.52. The zero-order chi connectivity index (χ0) is 24.1. The molecule has 0 heterocycles. The highest BCUT2D eigenvalue weighted by Crippen LogP contribution is 2.27. The van der Waals surface area contributed by atoms with Gasteiger partial charge in [-0.1, -0.05) is 66.2 Å². The predicted octanol–water partition coefficient (Wildman–Crippen LogP) is 6.02. The number of carboxylic acids is 1. The number of fused-ring (bicyclic) bond motifs is 1. The predicted molar refractivity (Wildman–Crippen MR) is 134 cm³/mol. The quantitative estimate of drug-likeness (QED) is 0.275. The summed E-state index contributed by atoms with van der Waals surface area (Å²) in [4.78, 5) is 37.2. The summed E-state index contributed by atoms with van der Waals surface area (Å²) >= 11 is 6.12. The van der Waals surface area contributed by atoms with E-state index in [-0.39, 0.29) is 17.7 Å². The van der Waals surface area contributed by atoms with Crippen molar-refractivity contribution in [1.82, 2.24) is 0 Å². The highest BCUT2D eigenvalue weighted by Gasteiger charge is 2.17. The fraction of sp³-hybridized carbons (Fsp3) is 0.0385. The van der Waals surface area contributed by atoms with Gasteiger partial charge in [0.15, 0.2) is 0 Å². The third kappa shape index (κ3) is 5.33. The van der Waals surface area contributed by atoms with Crippen molar-refractivity contribution in [3.8, 4) is 0 Å². The molecular formula is C26H20ClN3O4. The number of carboxylic acid groups (broad SMARTS) is 1. The van der Waals surface area contributed by atoms with Gasteiger partial charge >= 0.3 is 12.0 Å². The van der Waals surface area contributed by atoms with Gasteiger partial charge in [0.1, 0.15) is 0 Å². The smallest absolute Gasteiger partial charge is 0.323 e. The molecule has 0 aliphatic rings. The Morgan fingerprint density at radius 3 is 2.00 bits per heavy atom. The number of carbonyl (C=O) groups excluding carboxylic acids is 2. The van der Waals surface area contributed by atoms with E-state index in [2.05, 4.69) is 16.0 Å². The molecule has 0 aliphatic heterocycles. The summed E-state index contributed by atoms with van der Waals surface area (Å²) in [6.45, 7) is 0. The second-order valence-corrected chi connectivity index (χ2v) is 7.89. The van der Waals surface area contributed by atoms with Crippen LogP contribution < -0.4 is 16.0 Å². The van der Waals surface area contributed by atoms with Crippen LogP contribution in [-0.4, -0.2) is 23.0 Å². The summed E-state index contributed by atoms with van der Waals surface area (Å²) < 4.78 is 0. The molecule has 0 radical (unpaired) electrons. The minimum absolute atomic E-state index is 0.220. The molecule has 4 aromatic carbocycles. The Balaban J connectivity index is 1.66. The average Bonchev–Trinajstić information content (AvgIpc) is 2.81. The number of anilines is 3. The van der Waals surface area contributed by atoms with E-state index < -0.39 is 17.9 Å². The van der Waals surface area contributed by atoms with Gasteiger partial charge in [-0.15, -0.1) is 0 Å². The lowest BCUT2D eigenvalue weighted by Gasteiger charge is -2.15. The second kappa shape index (κ2) is 10.1. The molecule has 4 rings (SSSR count). The minimum Gasteiger partial charge on any atom is -0.481 e. The number of rotatable bonds is 6. The molecule has 0 aliphatic carbocycles. The molecule has 0 saturated heterocycles. The number of hydrogen-bond acceptors (Lipinski definition) is 3. The van der Waals surface area contributed by atoms with Gasteiger partial charge in [-0.3, -0.25) is 9.59 Å². The van der Waals surface area contributed by atoms with E-state index in [0.717, 1.165) is 10.8 Å². The van der Waals surface area contributed by atoms with Gasteiger partial charge in [0.05, 0.1) is 28.4 Å². The zero-order valence-electron chi connectivity index (χ0n) is 17.8. The highest BCUT2D eigenvalue weighted by molar-refractivity contribution is 6.33. The van der Waals surface area contributed by atoms with Crippen molar-refractivity contribution in [3.63, 3.8) is 0 Å². The van der Waals surface area contributed by atoms with Crippen LogP contribution >= 0.6 is 11.6 Å². The van der Waals surface area contributed by atoms with Crippen LogP contribution in [0, 0.1) is 0 Å². The summed E-state index contributed by atoms with van der Waals surface area (Å²) in [7, 11) is 0. The van der Waals surface area contributed by atoms with Gasteiger partial charge in [0, 0.05) is 5.69 Å². The van der Waals surface area contributed by atoms with Crippen molar-refractivity contribution in [2.75, 3.05) is 16.0 Å². The maximum atomic E-state index is 13.3. The van der Waals surface area contributed by atoms with Gasteiger partial charge in [0.2, 0.25) is 0 Å². The molecule has 0 spiro atoms. The van der Waals surface area contributed by atoms with Crippen LogP contribution in [-0.2, 0) is 11.2 Å². The third-order valence-corrected chi connectivity index (χ3v) is 5.44. The van der Waals surface area contributed by atoms with Gasteiger partial charge in [0.25, 0.3) is 5.91 Å². The van der Waals surface area contributed by atoms with Crippen molar-refractivity contribution < 1.29 is 19.5 Å². The molecule has 0 bridgehead atoms. The fourth-order valence-corrected chi connectivity index (χ4v) is 3.70. The molecule has 0 aromatic heterocycles. The molecule has 0 atom stereocenters. The second-order valence-electron chi connectivity index (χ2n) is 7.49. The van der Waals surface area contributed by atoms with Crippen LogP contribution in [0.3, 0.4) is 0 Å². The molecule has 170 valence electrons. The van der Waals surface area contributed by atoms with E-state index in [0.29, 0.717) is 22.0 Å². The molecular weight excluding hydrogens is 454 g/mol. The van der Waals surface area contributed by atoms with Crippen molar-refractivity contribution in [2.45, 2.75) is 6.42 Å². The van der Waals surface area contributed by atoms with Crippen LogP contribution in [0.15, 0.2) is 84.9 Å². The maximum absolute atomic E-state index is 13.3. The van der Waals surface area contributed by atoms with Crippen molar-refractivity contribution in [3.05, 3.63) is 101 Å². The first kappa shape index (κ1) is 22.8. The molecule has 0 saturated carbocycles. The van der Waals surface area contributed by atoms with Crippen LogP contribution in [0.1, 0.15) is 15.9 Å². The summed E-state index contributed by atoms with van der Waals surface area (Å²) in [5.74, 6) is -1.50. The summed E-state index contributed by atoms with van der Waals surface area (Å²) in [5.41, 5.74) is 1.79. The lowest BCUT2D eigenvalue weighted by atomic mass is 10.0. The molecule has 34 heavy (non-hydrogen) atoms. The SMILES string of the molecule is O=C(O)Cc1ccccc1NC(=O)c1cc2ccccc2cc1NC(=O)Nc1ccccc1Cl. The van der Waals surface area contributed by atoms with E-state index in [1.165, 1.54) is 0 Å². The van der Waals surface area contributed by atoms with Crippen LogP contribution in [0.4, 0.5) is 21.9 Å². The maximum Gasteiger partial charge on any atom is 0.323 e. The number of urea groups is 1. The standard InChI is InChI=1S/C26H20ClN3O4/c27-20-10-4-6-12-22(20)29-26(34)30-23-14-17-8-2-1-7-16(17)13-19(23)25(33)28-21-11-5-3-9-18(21)15-24(31)32/h1-14H,15H2,(H,28,33)(H,31,32)(H2,29,30,34). The number of amides is 3. The Bertz CT molecular complexity index is 1400. The molecule has 0 unspecified atom stereocenters. The van der Waals surface area contributed by atoms with E-state index in [4.69, 9.17) is 16.7 Å². The number of benzene rings is 4. The lowest BCUT2D eigenvalue weighted by Crippen LogP contribution is -2.23. The van der Waals surface area contributed by atoms with Crippen LogP contribution in [0.5, 0.6) is 0 Å². The van der Waals surface area contributed by atoms with Crippen molar-refractivity contribution >= 4 is 57.3 Å². The van der Waals surface area contributed by atoms with Crippen molar-refractivity contribution in [1.29, 1.82) is 0 Å². The Morgan fingerprint density at radius 2 is 1.29 bits per heavy atom. The Hall–Kier alpha value is -4.36. The van der Waals surface area contributed by atoms with Gasteiger partial charge < -0.3 is 21.1 Å². The van der Waals surface area contributed by atoms with Gasteiger partial charge in [-0.2, -0.15) is 0 Å².